The molecule has 5 heterocycles. The Morgan fingerprint density at radius 3 is 1.61 bits per heavy atom. The molecule has 0 radical (unpaired) electrons. The summed E-state index contributed by atoms with van der Waals surface area (Å²) in [5, 5.41) is 196. The lowest BCUT2D eigenvalue weighted by Crippen LogP contribution is -2.66. The summed E-state index contributed by atoms with van der Waals surface area (Å²) in [7, 11) is 0. The Kier molecular flexibility index (Phi) is 22.3. The van der Waals surface area contributed by atoms with Gasteiger partial charge in [0.05, 0.1) is 63.1 Å². The average Bonchev–Trinajstić information content (AvgIpc) is 1.66. The number of hydrogen-bond donors (Lipinski definition) is 18. The molecule has 3 saturated carbocycles. The number of fused-ring (bicyclic) bond motifs is 5. The topological polar surface area (TPSA) is 456 Å². The Morgan fingerprint density at radius 1 is 0.539 bits per heavy atom. The van der Waals surface area contributed by atoms with Gasteiger partial charge >= 0.3 is 0 Å². The molecular weight excluding hydrogens is 1180 g/mol. The Balaban J connectivity index is 0.896. The lowest BCUT2D eigenvalue weighted by molar-refractivity contribution is -0.380. The van der Waals surface area contributed by atoms with E-state index in [1.165, 1.54) is 20.8 Å². The smallest absolute Gasteiger partial charge is 0.187 e. The molecule has 5 saturated heterocycles. The van der Waals surface area contributed by atoms with E-state index in [1.54, 1.807) is 0 Å². The van der Waals surface area contributed by atoms with E-state index in [2.05, 4.69) is 33.8 Å². The van der Waals surface area contributed by atoms with Gasteiger partial charge in [-0.3, -0.25) is 0 Å². The van der Waals surface area contributed by atoms with Crippen molar-refractivity contribution in [3.8, 4) is 0 Å². The van der Waals surface area contributed by atoms with E-state index in [0.29, 0.717) is 32.1 Å². The molecule has 0 aromatic heterocycles. The second-order valence-corrected chi connectivity index (χ2v) is 29.0. The standard InChI is InChI=1S/C61H104O28/c1-24(10-14-37(58(5,6)79)87-56-51(89-54-48(77)45(74)41(70)31(21-64)83-54)46(75)42(71)33(85-56)23-80-52-39(68)25(2)38(67)29(19-62)81-52)26-16-17-59(7)34-13-11-27-28(61(34,9)35(66)18-60(26,59)8)12-15-36(57(27,3)4)86-55-49(78)50(43(72)32(22-65)84-55)88-53-47(76)44(73)40(69)30(20-63)82-53/h11,24-26,28-56,62-79H,10,12-23H2,1-9H3/t24-,25+,26?,28?,29-,30-,31-,32-,33-,34?,35-,36+,37-,38+,39-,40-,41-,42-,43-,44+,45+,46+,47-,48-,49-,50+,51-,52+,53+,54+,55+,56+,59+,60-,61+/m1/s1. The quantitative estimate of drug-likeness (QED) is 0.0515. The van der Waals surface area contributed by atoms with Gasteiger partial charge in [0.1, 0.15) is 110 Å². The van der Waals surface area contributed by atoms with Crippen LogP contribution in [0.5, 0.6) is 0 Å². The van der Waals surface area contributed by atoms with Gasteiger partial charge in [-0.25, -0.2) is 0 Å². The van der Waals surface area contributed by atoms with Gasteiger partial charge < -0.3 is 139 Å². The Morgan fingerprint density at radius 2 is 1.04 bits per heavy atom. The SMILES string of the molecule is C[C@@H]1[C@@H](O)[C@@H](OC[C@H]2O[C@@H](O[C@H](CC[C@@H](C)C3CC[C@@]4(C)C5CC=C6C(CC[C@H](O[C@@H]7O[C@H](CO)[C@@H](O)[C@H](O[C@@H]8O[C@H](CO)[C@@H](O)[C@H](O)[C@H]8O)[C@H]7O)C6(C)C)[C@]5(C)[C@H](O)C[C@]34C)C(C)(C)O)[C@H](O[C@@H]3O[C@H](CO)[C@@H](O)[C@H](O)[C@H]3O)[C@@H](O)[C@@H]2O)O[C@H](CO)[C@H]1O. The van der Waals surface area contributed by atoms with Crippen LogP contribution in [-0.4, -0.2) is 296 Å². The lowest BCUT2D eigenvalue weighted by atomic mass is 9.38. The van der Waals surface area contributed by atoms with Gasteiger partial charge in [0.2, 0.25) is 0 Å². The van der Waals surface area contributed by atoms with Crippen LogP contribution in [-0.2, 0) is 47.4 Å². The number of aliphatic hydroxyl groups excluding tert-OH is 17. The van der Waals surface area contributed by atoms with Crippen molar-refractivity contribution < 1.29 is 139 Å². The highest BCUT2D eigenvalue weighted by Gasteiger charge is 2.71. The van der Waals surface area contributed by atoms with Crippen molar-refractivity contribution in [1.29, 1.82) is 0 Å². The van der Waals surface area contributed by atoms with Crippen molar-refractivity contribution in [3.05, 3.63) is 11.6 Å². The molecule has 0 bridgehead atoms. The average molecular weight is 1290 g/mol. The van der Waals surface area contributed by atoms with E-state index in [-0.39, 0.29) is 40.9 Å². The van der Waals surface area contributed by atoms with E-state index in [0.717, 1.165) is 18.4 Å². The van der Waals surface area contributed by atoms with Crippen molar-refractivity contribution in [2.75, 3.05) is 33.0 Å². The summed E-state index contributed by atoms with van der Waals surface area (Å²) in [6, 6.07) is 0. The summed E-state index contributed by atoms with van der Waals surface area (Å²) >= 11 is 0. The van der Waals surface area contributed by atoms with Gasteiger partial charge in [-0.2, -0.15) is 0 Å². The molecule has 5 aliphatic heterocycles. The van der Waals surface area contributed by atoms with E-state index in [1.807, 2.05) is 13.8 Å². The predicted molar refractivity (Wildman–Crippen MR) is 303 cm³/mol. The van der Waals surface area contributed by atoms with Gasteiger partial charge in [-0.15, -0.1) is 0 Å². The van der Waals surface area contributed by atoms with Crippen LogP contribution in [0.1, 0.15) is 114 Å². The van der Waals surface area contributed by atoms with E-state index in [9.17, 15) is 91.9 Å². The summed E-state index contributed by atoms with van der Waals surface area (Å²) in [6.45, 7) is 14.3. The summed E-state index contributed by atoms with van der Waals surface area (Å²) < 4.78 is 60.1. The van der Waals surface area contributed by atoms with Crippen molar-refractivity contribution in [3.63, 3.8) is 0 Å². The van der Waals surface area contributed by atoms with Gasteiger partial charge in [0, 0.05) is 16.7 Å². The normalized spacial score (nSPS) is 51.8. The van der Waals surface area contributed by atoms with Crippen LogP contribution in [0.4, 0.5) is 0 Å². The fourth-order valence-electron chi connectivity index (χ4n) is 17.3. The lowest BCUT2D eigenvalue weighted by Gasteiger charge is -2.67. The zero-order chi connectivity index (χ0) is 65.5. The molecule has 28 heteroatoms. The monoisotopic (exact) mass is 1280 g/mol. The third kappa shape index (κ3) is 13.0. The Labute approximate surface area is 518 Å². The third-order valence-electron chi connectivity index (χ3n) is 23.3. The summed E-state index contributed by atoms with van der Waals surface area (Å²) in [5.74, 6) is -0.791. The highest BCUT2D eigenvalue weighted by molar-refractivity contribution is 5.32. The number of rotatable bonds is 20. The number of allylic oxidation sites excluding steroid dienone is 1. The number of hydrogen-bond acceptors (Lipinski definition) is 28. The van der Waals surface area contributed by atoms with Crippen molar-refractivity contribution in [1.82, 2.24) is 0 Å². The predicted octanol–water partition coefficient (Wildman–Crippen LogP) is -4.13. The fourth-order valence-corrected chi connectivity index (χ4v) is 17.3. The van der Waals surface area contributed by atoms with E-state index in [4.69, 9.17) is 47.4 Å². The Bertz CT molecular complexity index is 2340. The minimum absolute atomic E-state index is 0.0215. The fraction of sp³-hybridized carbons (Fsp3) is 0.967. The molecule has 89 heavy (non-hydrogen) atoms. The van der Waals surface area contributed by atoms with E-state index < -0.39 is 221 Å². The first-order valence-corrected chi connectivity index (χ1v) is 31.9. The van der Waals surface area contributed by atoms with Crippen molar-refractivity contribution in [2.45, 2.75) is 285 Å². The molecule has 9 rings (SSSR count). The summed E-state index contributed by atoms with van der Waals surface area (Å²) in [4.78, 5) is 0. The first-order chi connectivity index (χ1) is 41.7. The molecular formula is C61H104O28. The zero-order valence-corrected chi connectivity index (χ0v) is 52.4. The minimum Gasteiger partial charge on any atom is -0.394 e. The molecule has 0 aromatic rings. The van der Waals surface area contributed by atoms with Gasteiger partial charge in [0.25, 0.3) is 0 Å². The maximum atomic E-state index is 12.9. The van der Waals surface area contributed by atoms with Crippen LogP contribution in [0.25, 0.3) is 0 Å². The molecule has 18 N–H and O–H groups in total. The second-order valence-electron chi connectivity index (χ2n) is 29.0. The van der Waals surface area contributed by atoms with E-state index >= 15 is 0 Å². The largest absolute Gasteiger partial charge is 0.394 e. The third-order valence-corrected chi connectivity index (χ3v) is 23.3. The van der Waals surface area contributed by atoms with Crippen LogP contribution >= 0.6 is 0 Å². The van der Waals surface area contributed by atoms with Gasteiger partial charge in [-0.05, 0) is 99.7 Å². The van der Waals surface area contributed by atoms with Crippen LogP contribution in [0.3, 0.4) is 0 Å². The molecule has 0 aromatic carbocycles. The molecule has 0 amide bonds. The maximum absolute atomic E-state index is 12.9. The molecule has 0 spiro atoms. The van der Waals surface area contributed by atoms with Crippen LogP contribution in [0.15, 0.2) is 11.6 Å². The van der Waals surface area contributed by atoms with Gasteiger partial charge in [0.15, 0.2) is 31.5 Å². The highest BCUT2D eigenvalue weighted by atomic mass is 16.8. The Hall–Kier alpha value is -1.38. The number of aliphatic hydroxyl groups is 18. The van der Waals surface area contributed by atoms with Gasteiger partial charge in [-0.1, -0.05) is 60.1 Å². The minimum atomic E-state index is -1.93. The first-order valence-electron chi connectivity index (χ1n) is 31.9. The second kappa shape index (κ2) is 27.6. The molecule has 28 nitrogen and oxygen atoms in total. The summed E-state index contributed by atoms with van der Waals surface area (Å²) in [6.07, 6.45) is -34.1. The maximum Gasteiger partial charge on any atom is 0.187 e. The zero-order valence-electron chi connectivity index (χ0n) is 52.4. The molecule has 9 aliphatic rings. The first kappa shape index (κ1) is 71.9. The highest BCUT2D eigenvalue weighted by Crippen LogP contribution is 2.75. The summed E-state index contributed by atoms with van der Waals surface area (Å²) in [5.41, 5.74) is -2.46. The molecule has 516 valence electrons. The molecule has 4 aliphatic carbocycles. The van der Waals surface area contributed by atoms with Crippen LogP contribution in [0, 0.1) is 51.2 Å². The van der Waals surface area contributed by atoms with Crippen molar-refractivity contribution in [2.24, 2.45) is 51.2 Å². The van der Waals surface area contributed by atoms with Crippen LogP contribution < -0.4 is 0 Å². The molecule has 3 unspecified atom stereocenters. The number of ether oxygens (including phenoxy) is 10. The van der Waals surface area contributed by atoms with Crippen LogP contribution in [0.2, 0.25) is 0 Å². The molecule has 35 atom stereocenters. The molecule has 8 fully saturated rings. The van der Waals surface area contributed by atoms with Crippen molar-refractivity contribution >= 4 is 0 Å².